The van der Waals surface area contributed by atoms with E-state index in [-0.39, 0.29) is 11.9 Å². The van der Waals surface area contributed by atoms with Gasteiger partial charge >= 0.3 is 0 Å². The number of amides is 1. The molecule has 0 fully saturated rings. The first-order valence-corrected chi connectivity index (χ1v) is 6.63. The number of hydrogen-bond acceptors (Lipinski definition) is 1. The molecule has 0 saturated heterocycles. The predicted molar refractivity (Wildman–Crippen MR) is 71.8 cm³/mol. The van der Waals surface area contributed by atoms with E-state index >= 15 is 0 Å². The van der Waals surface area contributed by atoms with Crippen LogP contribution in [0.25, 0.3) is 0 Å². The molecular formula is C11H12BrCl2NO. The number of alkyl halides is 1. The van der Waals surface area contributed by atoms with Crippen LogP contribution in [-0.4, -0.2) is 29.2 Å². The lowest BCUT2D eigenvalue weighted by atomic mass is 10.2. The summed E-state index contributed by atoms with van der Waals surface area (Å²) in [6.45, 7) is 1.96. The van der Waals surface area contributed by atoms with Crippen molar-refractivity contribution in [3.63, 3.8) is 0 Å². The van der Waals surface area contributed by atoms with Crippen molar-refractivity contribution in [1.29, 1.82) is 0 Å². The highest BCUT2D eigenvalue weighted by Gasteiger charge is 2.17. The van der Waals surface area contributed by atoms with Crippen LogP contribution in [0.2, 0.25) is 10.0 Å². The molecule has 16 heavy (non-hydrogen) atoms. The third-order valence-electron chi connectivity index (χ3n) is 2.37. The molecule has 88 valence electrons. The van der Waals surface area contributed by atoms with E-state index in [9.17, 15) is 4.79 Å². The van der Waals surface area contributed by atoms with E-state index in [1.54, 1.807) is 30.1 Å². The number of carbonyl (C=O) groups excluding carboxylic acids is 1. The third kappa shape index (κ3) is 3.12. The van der Waals surface area contributed by atoms with Crippen molar-refractivity contribution in [2.75, 3.05) is 12.4 Å². The quantitative estimate of drug-likeness (QED) is 0.773. The molecule has 0 bridgehead atoms. The molecule has 0 aliphatic rings. The fraction of sp³-hybridized carbons (Fsp3) is 0.364. The highest BCUT2D eigenvalue weighted by Crippen LogP contribution is 2.23. The molecule has 5 heteroatoms. The maximum absolute atomic E-state index is 12.0. The monoisotopic (exact) mass is 323 g/mol. The Morgan fingerprint density at radius 3 is 2.56 bits per heavy atom. The molecule has 0 spiro atoms. The standard InChI is InChI=1S/C11H12BrCl2NO/c1-7(6-12)15(2)11(16)8-3-4-9(13)10(14)5-8/h3-5,7H,6H2,1-2H3. The smallest absolute Gasteiger partial charge is 0.253 e. The Labute approximate surface area is 114 Å². The molecule has 0 N–H and O–H groups in total. The second kappa shape index (κ2) is 5.89. The summed E-state index contributed by atoms with van der Waals surface area (Å²) in [4.78, 5) is 13.7. The summed E-state index contributed by atoms with van der Waals surface area (Å²) < 4.78 is 0. The number of nitrogens with zero attached hydrogens (tertiary/aromatic N) is 1. The molecule has 1 aromatic carbocycles. The van der Waals surface area contributed by atoms with E-state index in [1.165, 1.54) is 0 Å². The van der Waals surface area contributed by atoms with Crippen molar-refractivity contribution in [2.24, 2.45) is 0 Å². The van der Waals surface area contributed by atoms with Gasteiger partial charge in [0.2, 0.25) is 0 Å². The average molecular weight is 325 g/mol. The molecule has 0 saturated carbocycles. The van der Waals surface area contributed by atoms with Gasteiger partial charge < -0.3 is 4.90 Å². The fourth-order valence-electron chi connectivity index (χ4n) is 1.14. The van der Waals surface area contributed by atoms with Gasteiger partial charge in [-0.2, -0.15) is 0 Å². The van der Waals surface area contributed by atoms with E-state index < -0.39 is 0 Å². The minimum Gasteiger partial charge on any atom is -0.338 e. The first-order valence-electron chi connectivity index (χ1n) is 4.75. The minimum absolute atomic E-state index is 0.0643. The Morgan fingerprint density at radius 2 is 2.06 bits per heavy atom. The van der Waals surface area contributed by atoms with Crippen molar-refractivity contribution in [3.05, 3.63) is 33.8 Å². The Hall–Kier alpha value is -0.250. The summed E-state index contributed by atoms with van der Waals surface area (Å²) in [5.41, 5.74) is 0.546. The minimum atomic E-state index is -0.0643. The number of benzene rings is 1. The van der Waals surface area contributed by atoms with Crippen LogP contribution >= 0.6 is 39.1 Å². The highest BCUT2D eigenvalue weighted by molar-refractivity contribution is 9.09. The van der Waals surface area contributed by atoms with Crippen LogP contribution in [0.4, 0.5) is 0 Å². The van der Waals surface area contributed by atoms with Gasteiger partial charge in [-0.1, -0.05) is 39.1 Å². The average Bonchev–Trinajstić information content (AvgIpc) is 2.29. The third-order valence-corrected chi connectivity index (χ3v) is 4.05. The summed E-state index contributed by atoms with van der Waals surface area (Å²) in [6, 6.07) is 5.02. The highest BCUT2D eigenvalue weighted by atomic mass is 79.9. The first kappa shape index (κ1) is 13.8. The summed E-state index contributed by atoms with van der Waals surface area (Å²) in [6.07, 6.45) is 0. The lowest BCUT2D eigenvalue weighted by molar-refractivity contribution is 0.0758. The lowest BCUT2D eigenvalue weighted by Crippen LogP contribution is -2.36. The summed E-state index contributed by atoms with van der Waals surface area (Å²) in [5.74, 6) is -0.0643. The molecule has 0 aliphatic heterocycles. The van der Waals surface area contributed by atoms with E-state index in [2.05, 4.69) is 15.9 Å². The summed E-state index contributed by atoms with van der Waals surface area (Å²) >= 11 is 15.0. The number of hydrogen-bond donors (Lipinski definition) is 0. The second-order valence-electron chi connectivity index (χ2n) is 3.55. The largest absolute Gasteiger partial charge is 0.338 e. The van der Waals surface area contributed by atoms with Gasteiger partial charge in [0.25, 0.3) is 5.91 Å². The van der Waals surface area contributed by atoms with E-state index in [0.29, 0.717) is 15.6 Å². The molecular weight excluding hydrogens is 313 g/mol. The van der Waals surface area contributed by atoms with Gasteiger partial charge in [0.15, 0.2) is 0 Å². The van der Waals surface area contributed by atoms with Gasteiger partial charge in [-0.05, 0) is 25.1 Å². The Morgan fingerprint density at radius 1 is 1.44 bits per heavy atom. The van der Waals surface area contributed by atoms with Crippen LogP contribution in [0.3, 0.4) is 0 Å². The zero-order chi connectivity index (χ0) is 12.3. The van der Waals surface area contributed by atoms with Crippen LogP contribution in [0.15, 0.2) is 18.2 Å². The zero-order valence-electron chi connectivity index (χ0n) is 9.01. The zero-order valence-corrected chi connectivity index (χ0v) is 12.1. The van der Waals surface area contributed by atoms with Crippen molar-refractivity contribution >= 4 is 45.0 Å². The molecule has 2 nitrogen and oxygen atoms in total. The number of carbonyl (C=O) groups is 1. The van der Waals surface area contributed by atoms with Gasteiger partial charge in [-0.3, -0.25) is 4.79 Å². The van der Waals surface area contributed by atoms with Gasteiger partial charge in [-0.15, -0.1) is 0 Å². The first-order chi connectivity index (χ1) is 7.47. The van der Waals surface area contributed by atoms with Crippen LogP contribution in [0.5, 0.6) is 0 Å². The fourth-order valence-corrected chi connectivity index (χ4v) is 1.87. The molecule has 1 atom stereocenters. The van der Waals surface area contributed by atoms with Gasteiger partial charge in [0, 0.05) is 24.0 Å². The van der Waals surface area contributed by atoms with Crippen LogP contribution in [-0.2, 0) is 0 Å². The second-order valence-corrected chi connectivity index (χ2v) is 5.01. The molecule has 0 aliphatic carbocycles. The molecule has 0 aromatic heterocycles. The molecule has 0 radical (unpaired) electrons. The Bertz CT molecular complexity index is 398. The molecule has 1 amide bonds. The van der Waals surface area contributed by atoms with Gasteiger partial charge in [-0.25, -0.2) is 0 Å². The van der Waals surface area contributed by atoms with Crippen LogP contribution in [0.1, 0.15) is 17.3 Å². The molecule has 0 heterocycles. The van der Waals surface area contributed by atoms with Gasteiger partial charge in [0.1, 0.15) is 0 Å². The van der Waals surface area contributed by atoms with Crippen molar-refractivity contribution < 1.29 is 4.79 Å². The summed E-state index contributed by atoms with van der Waals surface area (Å²) in [7, 11) is 1.76. The maximum Gasteiger partial charge on any atom is 0.253 e. The van der Waals surface area contributed by atoms with Crippen molar-refractivity contribution in [2.45, 2.75) is 13.0 Å². The Kier molecular flexibility index (Phi) is 5.09. The normalized spacial score (nSPS) is 12.3. The van der Waals surface area contributed by atoms with E-state index in [1.807, 2.05) is 6.92 Å². The van der Waals surface area contributed by atoms with E-state index in [0.717, 1.165) is 5.33 Å². The van der Waals surface area contributed by atoms with E-state index in [4.69, 9.17) is 23.2 Å². The van der Waals surface area contributed by atoms with Gasteiger partial charge in [0.05, 0.1) is 10.0 Å². The molecule has 1 unspecified atom stereocenters. The maximum atomic E-state index is 12.0. The SMILES string of the molecule is CC(CBr)N(C)C(=O)c1ccc(Cl)c(Cl)c1. The van der Waals surface area contributed by atoms with Crippen LogP contribution < -0.4 is 0 Å². The summed E-state index contributed by atoms with van der Waals surface area (Å²) in [5, 5.41) is 1.58. The predicted octanol–water partition coefficient (Wildman–Crippen LogP) is 3.85. The Balaban J connectivity index is 2.92. The van der Waals surface area contributed by atoms with Crippen molar-refractivity contribution in [3.8, 4) is 0 Å². The molecule has 1 rings (SSSR count). The molecule has 1 aromatic rings. The topological polar surface area (TPSA) is 20.3 Å². The number of rotatable bonds is 3. The van der Waals surface area contributed by atoms with Crippen LogP contribution in [0, 0.1) is 0 Å². The van der Waals surface area contributed by atoms with Crippen molar-refractivity contribution in [1.82, 2.24) is 4.90 Å². The number of halogens is 3. The lowest BCUT2D eigenvalue weighted by Gasteiger charge is -2.23.